The van der Waals surface area contributed by atoms with Gasteiger partial charge in [0.2, 0.25) is 0 Å². The number of carbonyl (C=O) groups is 1. The number of hydrazone groups is 1. The van der Waals surface area contributed by atoms with Gasteiger partial charge in [-0.2, -0.15) is 5.10 Å². The normalized spacial score (nSPS) is 13.8. The van der Waals surface area contributed by atoms with Gasteiger partial charge in [-0.1, -0.05) is 18.2 Å². The van der Waals surface area contributed by atoms with E-state index in [0.717, 1.165) is 16.7 Å². The zero-order valence-corrected chi connectivity index (χ0v) is 16.2. The molecule has 0 heterocycles. The highest BCUT2D eigenvalue weighted by atomic mass is 16.5. The van der Waals surface area contributed by atoms with E-state index in [-0.39, 0.29) is 13.2 Å². The number of hydrogen-bond acceptors (Lipinski definition) is 7. The first kappa shape index (κ1) is 21.8. The lowest BCUT2D eigenvalue weighted by Crippen LogP contribution is -2.35. The van der Waals surface area contributed by atoms with E-state index in [9.17, 15) is 9.90 Å². The summed E-state index contributed by atoms with van der Waals surface area (Å²) in [4.78, 5) is 16.4. The van der Waals surface area contributed by atoms with E-state index >= 15 is 0 Å². The Morgan fingerprint density at radius 1 is 1.42 bits per heavy atom. The quantitative estimate of drug-likeness (QED) is 0.303. The highest BCUT2D eigenvalue weighted by Gasteiger charge is 2.40. The Bertz CT molecular complexity index is 669. The van der Waals surface area contributed by atoms with Crippen LogP contribution >= 0.6 is 0 Å². The van der Waals surface area contributed by atoms with Gasteiger partial charge in [0.15, 0.2) is 0 Å². The van der Waals surface area contributed by atoms with Crippen molar-refractivity contribution in [1.29, 1.82) is 0 Å². The fourth-order valence-corrected chi connectivity index (χ4v) is 2.59. The molecule has 0 aliphatic rings. The molecule has 0 radical (unpaired) electrons. The van der Waals surface area contributed by atoms with Crippen molar-refractivity contribution in [1.82, 2.24) is 0 Å². The smallest absolute Gasteiger partial charge is 0.314 e. The number of aliphatic hydroxyl groups is 1. The Hall–Kier alpha value is -2.25. The van der Waals surface area contributed by atoms with Crippen LogP contribution in [-0.2, 0) is 20.9 Å². The van der Waals surface area contributed by atoms with E-state index in [1.807, 2.05) is 32.0 Å². The molecule has 0 aliphatic carbocycles. The summed E-state index contributed by atoms with van der Waals surface area (Å²) in [6, 6.07) is 5.61. The van der Waals surface area contributed by atoms with E-state index in [1.54, 1.807) is 20.1 Å². The summed E-state index contributed by atoms with van der Waals surface area (Å²) in [5, 5.41) is 13.2. The van der Waals surface area contributed by atoms with Crippen LogP contribution in [0, 0.1) is 12.3 Å². The maximum absolute atomic E-state index is 12.3. The van der Waals surface area contributed by atoms with Crippen LogP contribution in [-0.4, -0.2) is 43.3 Å². The molecule has 0 bridgehead atoms. The van der Waals surface area contributed by atoms with Gasteiger partial charge in [-0.3, -0.25) is 9.79 Å². The molecule has 7 nitrogen and oxygen atoms in total. The third-order valence-electron chi connectivity index (χ3n) is 4.20. The van der Waals surface area contributed by atoms with Crippen LogP contribution < -0.4 is 5.84 Å². The zero-order valence-electron chi connectivity index (χ0n) is 16.2. The molecule has 26 heavy (non-hydrogen) atoms. The van der Waals surface area contributed by atoms with Gasteiger partial charge in [-0.25, -0.2) is 0 Å². The fraction of sp³-hybridized carbons (Fsp3) is 0.526. The Kier molecular flexibility index (Phi) is 8.41. The molecule has 1 aromatic carbocycles. The Balaban J connectivity index is 3.23. The Morgan fingerprint density at radius 3 is 2.65 bits per heavy atom. The molecule has 1 aromatic rings. The van der Waals surface area contributed by atoms with Crippen LogP contribution in [0.3, 0.4) is 0 Å². The Labute approximate surface area is 154 Å². The van der Waals surface area contributed by atoms with E-state index < -0.39 is 17.5 Å². The van der Waals surface area contributed by atoms with Gasteiger partial charge in [0.05, 0.1) is 31.8 Å². The van der Waals surface area contributed by atoms with Crippen LogP contribution in [0.15, 0.2) is 28.3 Å². The summed E-state index contributed by atoms with van der Waals surface area (Å²) in [5.74, 6) is 4.99. The van der Waals surface area contributed by atoms with E-state index in [2.05, 4.69) is 10.1 Å². The average molecular weight is 363 g/mol. The van der Waals surface area contributed by atoms with Crippen molar-refractivity contribution in [3.05, 3.63) is 34.9 Å². The van der Waals surface area contributed by atoms with Gasteiger partial charge in [0.1, 0.15) is 5.71 Å². The third kappa shape index (κ3) is 5.37. The number of aliphatic imine (C=N–C) groups is 1. The number of aryl methyl sites for hydroxylation is 1. The number of esters is 1. The molecule has 3 N–H and O–H groups in total. The van der Waals surface area contributed by atoms with Crippen molar-refractivity contribution in [2.75, 3.05) is 20.3 Å². The predicted octanol–water partition coefficient (Wildman–Crippen LogP) is 2.15. The summed E-state index contributed by atoms with van der Waals surface area (Å²) in [7, 11) is 1.34. The first-order valence-corrected chi connectivity index (χ1v) is 8.48. The van der Waals surface area contributed by atoms with Gasteiger partial charge in [0, 0.05) is 12.8 Å². The van der Waals surface area contributed by atoms with Crippen LogP contribution in [0.4, 0.5) is 0 Å². The number of nitrogens with two attached hydrogens (primary N) is 1. The minimum atomic E-state index is -0.960. The average Bonchev–Trinajstić information content (AvgIpc) is 2.64. The molecule has 1 unspecified atom stereocenters. The number of rotatable bonds is 9. The van der Waals surface area contributed by atoms with Crippen LogP contribution in [0.5, 0.6) is 0 Å². The molecule has 0 aromatic heterocycles. The number of nitrogens with zero attached hydrogens (tertiary/aromatic N) is 2. The van der Waals surface area contributed by atoms with Crippen LogP contribution in [0.25, 0.3) is 0 Å². The van der Waals surface area contributed by atoms with Crippen molar-refractivity contribution in [2.24, 2.45) is 21.4 Å². The number of ether oxygens (including phenoxy) is 2. The maximum Gasteiger partial charge on any atom is 0.314 e. The zero-order chi connectivity index (χ0) is 19.7. The third-order valence-corrected chi connectivity index (χ3v) is 4.20. The molecule has 0 aliphatic heterocycles. The number of benzene rings is 1. The number of aliphatic hydroxyl groups excluding tert-OH is 1. The monoisotopic (exact) mass is 363 g/mol. The SMILES string of the molecule is CCN=CC(COC(c1ccc(C)c(CO)c1)C(C)(C)C(=O)OC)=NN. The van der Waals surface area contributed by atoms with Crippen molar-refractivity contribution >= 4 is 17.9 Å². The highest BCUT2D eigenvalue weighted by Crippen LogP contribution is 2.38. The lowest BCUT2D eigenvalue weighted by molar-refractivity contribution is -0.160. The lowest BCUT2D eigenvalue weighted by atomic mass is 9.81. The molecule has 0 saturated carbocycles. The molecule has 0 spiro atoms. The van der Waals surface area contributed by atoms with Gasteiger partial charge in [-0.05, 0) is 44.4 Å². The topological polar surface area (TPSA) is 106 Å². The van der Waals surface area contributed by atoms with Crippen LogP contribution in [0.2, 0.25) is 0 Å². The molecule has 1 rings (SSSR count). The second-order valence-corrected chi connectivity index (χ2v) is 6.50. The van der Waals surface area contributed by atoms with E-state index in [4.69, 9.17) is 15.3 Å². The molecule has 1 atom stereocenters. The second kappa shape index (κ2) is 10.0. The standard InChI is InChI=1S/C19H29N3O4/c1-6-21-10-16(22-20)12-26-17(19(3,4)18(24)25-5)14-8-7-13(2)15(9-14)11-23/h7-10,17,23H,6,11-12,20H2,1-5H3. The molecular weight excluding hydrogens is 334 g/mol. The molecule has 0 fully saturated rings. The van der Waals surface area contributed by atoms with Crippen molar-refractivity contribution in [3.63, 3.8) is 0 Å². The minimum Gasteiger partial charge on any atom is -0.469 e. The van der Waals surface area contributed by atoms with Gasteiger partial charge in [-0.15, -0.1) is 0 Å². The predicted molar refractivity (Wildman–Crippen MR) is 102 cm³/mol. The Morgan fingerprint density at radius 2 is 2.12 bits per heavy atom. The molecule has 7 heteroatoms. The summed E-state index contributed by atoms with van der Waals surface area (Å²) < 4.78 is 11.0. The highest BCUT2D eigenvalue weighted by molar-refractivity contribution is 6.31. The van der Waals surface area contributed by atoms with Crippen molar-refractivity contribution in [2.45, 2.75) is 40.4 Å². The first-order valence-electron chi connectivity index (χ1n) is 8.48. The number of carbonyl (C=O) groups excluding carboxylic acids is 1. The summed E-state index contributed by atoms with van der Waals surface area (Å²) in [6.45, 7) is 7.92. The summed E-state index contributed by atoms with van der Waals surface area (Å²) >= 11 is 0. The second-order valence-electron chi connectivity index (χ2n) is 6.50. The molecular formula is C19H29N3O4. The maximum atomic E-state index is 12.3. The molecule has 144 valence electrons. The number of hydrogen-bond donors (Lipinski definition) is 2. The number of methoxy groups -OCH3 is 1. The minimum absolute atomic E-state index is 0.0907. The van der Waals surface area contributed by atoms with Crippen molar-refractivity contribution in [3.8, 4) is 0 Å². The van der Waals surface area contributed by atoms with Gasteiger partial charge >= 0.3 is 5.97 Å². The van der Waals surface area contributed by atoms with Gasteiger partial charge in [0.25, 0.3) is 0 Å². The largest absolute Gasteiger partial charge is 0.469 e. The summed E-state index contributed by atoms with van der Waals surface area (Å²) in [6.07, 6.45) is 0.934. The fourth-order valence-electron chi connectivity index (χ4n) is 2.59. The lowest BCUT2D eigenvalue weighted by Gasteiger charge is -2.32. The van der Waals surface area contributed by atoms with E-state index in [1.165, 1.54) is 7.11 Å². The first-order chi connectivity index (χ1) is 12.3. The van der Waals surface area contributed by atoms with Crippen molar-refractivity contribution < 1.29 is 19.4 Å². The molecule has 0 saturated heterocycles. The molecule has 0 amide bonds. The van der Waals surface area contributed by atoms with Gasteiger partial charge < -0.3 is 20.4 Å². The summed E-state index contributed by atoms with van der Waals surface area (Å²) in [5.41, 5.74) is 2.01. The van der Waals surface area contributed by atoms with Crippen LogP contribution in [0.1, 0.15) is 43.6 Å². The van der Waals surface area contributed by atoms with E-state index in [0.29, 0.717) is 12.3 Å².